The number of carbonyl (C=O) groups is 1. The number of thiophene rings is 1. The van der Waals surface area contributed by atoms with Crippen molar-refractivity contribution in [3.63, 3.8) is 0 Å². The molecular formula is C11H8N6OS. The number of hydrogen-bond acceptors (Lipinski definition) is 6. The van der Waals surface area contributed by atoms with E-state index in [1.165, 1.54) is 22.2 Å². The molecule has 2 aromatic heterocycles. The molecule has 0 aliphatic heterocycles. The number of hydrazine groups is 1. The number of amides is 1. The molecule has 0 saturated heterocycles. The molecule has 0 saturated carbocycles. The second-order valence-corrected chi connectivity index (χ2v) is 4.46. The molecule has 0 aliphatic rings. The molecule has 0 fully saturated rings. The lowest BCUT2D eigenvalue weighted by atomic mass is 10.2. The van der Waals surface area contributed by atoms with E-state index in [9.17, 15) is 4.79 Å². The summed E-state index contributed by atoms with van der Waals surface area (Å²) in [7, 11) is 0. The second kappa shape index (κ2) is 5.31. The third kappa shape index (κ3) is 2.31. The Bertz CT molecular complexity index is 702. The van der Waals surface area contributed by atoms with Crippen LogP contribution in [0.5, 0.6) is 0 Å². The van der Waals surface area contributed by atoms with Gasteiger partial charge in [0.15, 0.2) is 11.4 Å². The lowest BCUT2D eigenvalue weighted by Crippen LogP contribution is -2.30. The average molecular weight is 272 g/mol. The lowest BCUT2D eigenvalue weighted by Gasteiger charge is -2.04. The number of carbonyl (C=O) groups excluding carboxylic acids is 1. The standard InChI is InChI=1S/C11H8N6OS/c12-3-8-9(4-13)17(6-15-8)5-7-1-2-19-10(7)11(18)16-14/h1-2,6H,5,14H2,(H,16,18). The first-order chi connectivity index (χ1) is 9.21. The predicted octanol–water partition coefficient (Wildman–Crippen LogP) is 0.340. The number of nitrogens with one attached hydrogen (secondary N) is 1. The Morgan fingerprint density at radius 2 is 2.32 bits per heavy atom. The molecule has 0 atom stereocenters. The highest BCUT2D eigenvalue weighted by atomic mass is 32.1. The van der Waals surface area contributed by atoms with Crippen molar-refractivity contribution in [3.8, 4) is 12.1 Å². The van der Waals surface area contributed by atoms with Crippen LogP contribution in [-0.2, 0) is 6.54 Å². The number of aromatic nitrogens is 2. The maximum absolute atomic E-state index is 11.5. The van der Waals surface area contributed by atoms with Gasteiger partial charge in [0.05, 0.1) is 17.7 Å². The molecule has 0 radical (unpaired) electrons. The third-order valence-electron chi connectivity index (χ3n) is 2.47. The maximum Gasteiger partial charge on any atom is 0.275 e. The first kappa shape index (κ1) is 12.8. The van der Waals surface area contributed by atoms with Crippen molar-refractivity contribution in [2.45, 2.75) is 6.54 Å². The molecule has 2 heterocycles. The Morgan fingerprint density at radius 3 is 2.95 bits per heavy atom. The highest BCUT2D eigenvalue weighted by Gasteiger charge is 2.15. The monoisotopic (exact) mass is 272 g/mol. The first-order valence-corrected chi connectivity index (χ1v) is 6.01. The van der Waals surface area contributed by atoms with Crippen LogP contribution in [0.2, 0.25) is 0 Å². The van der Waals surface area contributed by atoms with Gasteiger partial charge in [-0.25, -0.2) is 10.8 Å². The summed E-state index contributed by atoms with van der Waals surface area (Å²) in [5, 5.41) is 19.6. The molecule has 3 N–H and O–H groups in total. The van der Waals surface area contributed by atoms with Crippen molar-refractivity contribution in [1.29, 1.82) is 10.5 Å². The van der Waals surface area contributed by atoms with E-state index in [-0.39, 0.29) is 23.8 Å². The largest absolute Gasteiger partial charge is 0.317 e. The Morgan fingerprint density at radius 1 is 1.53 bits per heavy atom. The van der Waals surface area contributed by atoms with Crippen LogP contribution in [0, 0.1) is 22.7 Å². The highest BCUT2D eigenvalue weighted by Crippen LogP contribution is 2.19. The third-order valence-corrected chi connectivity index (χ3v) is 3.43. The summed E-state index contributed by atoms with van der Waals surface area (Å²) in [6, 6.07) is 5.54. The summed E-state index contributed by atoms with van der Waals surface area (Å²) in [4.78, 5) is 15.8. The summed E-state index contributed by atoms with van der Waals surface area (Å²) >= 11 is 1.25. The second-order valence-electron chi connectivity index (χ2n) is 3.54. The summed E-state index contributed by atoms with van der Waals surface area (Å²) in [6.45, 7) is 0.282. The SMILES string of the molecule is N#Cc1ncn(Cc2ccsc2C(=O)NN)c1C#N. The number of nitrogen functional groups attached to an aromatic ring is 1. The van der Waals surface area contributed by atoms with Crippen LogP contribution in [-0.4, -0.2) is 15.5 Å². The maximum atomic E-state index is 11.5. The Balaban J connectivity index is 2.36. The minimum Gasteiger partial charge on any atom is -0.317 e. The van der Waals surface area contributed by atoms with Crippen molar-refractivity contribution in [2.75, 3.05) is 0 Å². The molecule has 0 bridgehead atoms. The van der Waals surface area contributed by atoms with Crippen molar-refractivity contribution >= 4 is 17.2 Å². The highest BCUT2D eigenvalue weighted by molar-refractivity contribution is 7.12. The fourth-order valence-corrected chi connectivity index (χ4v) is 2.43. The minimum absolute atomic E-state index is 0.0718. The Kier molecular flexibility index (Phi) is 3.57. The zero-order valence-electron chi connectivity index (χ0n) is 9.62. The van der Waals surface area contributed by atoms with Crippen LogP contribution in [0.15, 0.2) is 17.8 Å². The molecule has 0 aliphatic carbocycles. The zero-order chi connectivity index (χ0) is 13.8. The van der Waals surface area contributed by atoms with Crippen LogP contribution in [0.25, 0.3) is 0 Å². The number of rotatable bonds is 3. The van der Waals surface area contributed by atoms with E-state index < -0.39 is 0 Å². The van der Waals surface area contributed by atoms with Crippen molar-refractivity contribution in [2.24, 2.45) is 5.84 Å². The van der Waals surface area contributed by atoms with E-state index in [0.717, 1.165) is 0 Å². The van der Waals surface area contributed by atoms with E-state index in [1.807, 2.05) is 12.1 Å². The molecular weight excluding hydrogens is 264 g/mol. The number of hydrogen-bond donors (Lipinski definition) is 2. The van der Waals surface area contributed by atoms with Crippen LogP contribution >= 0.6 is 11.3 Å². The topological polar surface area (TPSA) is 121 Å². The molecule has 1 amide bonds. The van der Waals surface area contributed by atoms with E-state index in [4.69, 9.17) is 16.4 Å². The van der Waals surface area contributed by atoms with E-state index in [2.05, 4.69) is 10.4 Å². The number of nitriles is 2. The van der Waals surface area contributed by atoms with Gasteiger partial charge in [-0.1, -0.05) is 0 Å². The molecule has 8 heteroatoms. The van der Waals surface area contributed by atoms with E-state index >= 15 is 0 Å². The van der Waals surface area contributed by atoms with Crippen LogP contribution in [0.1, 0.15) is 26.6 Å². The fourth-order valence-electron chi connectivity index (χ4n) is 1.61. The summed E-state index contributed by atoms with van der Waals surface area (Å²) in [6.07, 6.45) is 1.40. The van der Waals surface area contributed by atoms with Gasteiger partial charge in [-0.15, -0.1) is 11.3 Å². The molecule has 2 rings (SSSR count). The number of nitrogens with two attached hydrogens (primary N) is 1. The summed E-state index contributed by atoms with van der Waals surface area (Å²) in [5.41, 5.74) is 3.03. The molecule has 94 valence electrons. The summed E-state index contributed by atoms with van der Waals surface area (Å²) < 4.78 is 1.52. The quantitative estimate of drug-likeness (QED) is 0.474. The van der Waals surface area contributed by atoms with Gasteiger partial charge < -0.3 is 4.57 Å². The van der Waals surface area contributed by atoms with Gasteiger partial charge in [-0.05, 0) is 17.0 Å². The van der Waals surface area contributed by atoms with E-state index in [1.54, 1.807) is 11.4 Å². The van der Waals surface area contributed by atoms with Gasteiger partial charge in [0.2, 0.25) is 0 Å². The van der Waals surface area contributed by atoms with Crippen molar-refractivity contribution in [3.05, 3.63) is 39.6 Å². The predicted molar refractivity (Wildman–Crippen MR) is 66.7 cm³/mol. The molecule has 7 nitrogen and oxygen atoms in total. The molecule has 19 heavy (non-hydrogen) atoms. The smallest absolute Gasteiger partial charge is 0.275 e. The van der Waals surface area contributed by atoms with E-state index in [0.29, 0.717) is 10.4 Å². The lowest BCUT2D eigenvalue weighted by molar-refractivity contribution is 0.0957. The van der Waals surface area contributed by atoms with Crippen LogP contribution in [0.4, 0.5) is 0 Å². The number of imidazole rings is 1. The minimum atomic E-state index is -0.385. The van der Waals surface area contributed by atoms with Crippen molar-refractivity contribution < 1.29 is 4.79 Å². The van der Waals surface area contributed by atoms with Gasteiger partial charge >= 0.3 is 0 Å². The molecule has 0 aromatic carbocycles. The normalized spacial score (nSPS) is 9.63. The Labute approximate surface area is 112 Å². The number of nitrogens with zero attached hydrogens (tertiary/aromatic N) is 4. The van der Waals surface area contributed by atoms with Crippen LogP contribution < -0.4 is 11.3 Å². The van der Waals surface area contributed by atoms with Gasteiger partial charge in [-0.3, -0.25) is 10.2 Å². The van der Waals surface area contributed by atoms with Crippen LogP contribution in [0.3, 0.4) is 0 Å². The first-order valence-electron chi connectivity index (χ1n) is 5.14. The Hall–Kier alpha value is -2.68. The van der Waals surface area contributed by atoms with Gasteiger partial charge in [0, 0.05) is 0 Å². The summed E-state index contributed by atoms with van der Waals surface area (Å²) in [5.74, 6) is 4.71. The average Bonchev–Trinajstić information content (AvgIpc) is 3.04. The van der Waals surface area contributed by atoms with Gasteiger partial charge in [0.1, 0.15) is 12.1 Å². The molecule has 0 unspecified atom stereocenters. The van der Waals surface area contributed by atoms with Crippen molar-refractivity contribution in [1.82, 2.24) is 15.0 Å². The molecule has 2 aromatic rings. The fraction of sp³-hybridized carbons (Fsp3) is 0.0909. The van der Waals surface area contributed by atoms with Gasteiger partial charge in [0.25, 0.3) is 5.91 Å². The molecule has 0 spiro atoms. The van der Waals surface area contributed by atoms with Gasteiger partial charge in [-0.2, -0.15) is 10.5 Å². The zero-order valence-corrected chi connectivity index (χ0v) is 10.4.